The molecule has 4 heteroatoms. The summed E-state index contributed by atoms with van der Waals surface area (Å²) in [6.07, 6.45) is 1.06. The Labute approximate surface area is 98.3 Å². The molecule has 0 saturated heterocycles. The number of nitrogens with one attached hydrogen (secondary N) is 1. The van der Waals surface area contributed by atoms with Gasteiger partial charge in [0.25, 0.3) is 0 Å². The van der Waals surface area contributed by atoms with Crippen molar-refractivity contribution in [3.8, 4) is 0 Å². The van der Waals surface area contributed by atoms with Crippen molar-refractivity contribution >= 4 is 22.7 Å². The van der Waals surface area contributed by atoms with E-state index in [0.717, 1.165) is 0 Å². The summed E-state index contributed by atoms with van der Waals surface area (Å²) in [6.45, 7) is 1.89. The van der Waals surface area contributed by atoms with Crippen LogP contribution in [0, 0.1) is 0 Å². The SMILES string of the molecule is CCCC(=O)c1[nH]c2ccccc2c1C(=O)O. The van der Waals surface area contributed by atoms with Gasteiger partial charge in [0, 0.05) is 17.3 Å². The van der Waals surface area contributed by atoms with Gasteiger partial charge < -0.3 is 10.1 Å². The minimum atomic E-state index is -1.07. The molecule has 0 unspecified atom stereocenters. The average molecular weight is 231 g/mol. The van der Waals surface area contributed by atoms with Crippen LogP contribution in [0.2, 0.25) is 0 Å². The maximum Gasteiger partial charge on any atom is 0.338 e. The molecule has 0 spiro atoms. The molecule has 0 radical (unpaired) electrons. The predicted molar refractivity (Wildman–Crippen MR) is 64.5 cm³/mol. The average Bonchev–Trinajstić information content (AvgIpc) is 2.68. The van der Waals surface area contributed by atoms with E-state index in [1.165, 1.54) is 0 Å². The standard InChI is InChI=1S/C13H13NO3/c1-2-5-10(15)12-11(13(16)17)8-6-3-4-7-9(8)14-12/h3-4,6-7,14H,2,5H2,1H3,(H,16,17). The Kier molecular flexibility index (Phi) is 2.95. The van der Waals surface area contributed by atoms with Gasteiger partial charge in [-0.3, -0.25) is 4.79 Å². The smallest absolute Gasteiger partial charge is 0.338 e. The van der Waals surface area contributed by atoms with Crippen molar-refractivity contribution in [3.05, 3.63) is 35.5 Å². The molecule has 1 heterocycles. The van der Waals surface area contributed by atoms with Crippen molar-refractivity contribution in [2.24, 2.45) is 0 Å². The van der Waals surface area contributed by atoms with Gasteiger partial charge in [-0.25, -0.2) is 4.79 Å². The number of carbonyl (C=O) groups is 2. The molecular formula is C13H13NO3. The van der Waals surface area contributed by atoms with Gasteiger partial charge in [-0.2, -0.15) is 0 Å². The van der Waals surface area contributed by atoms with Gasteiger partial charge >= 0.3 is 5.97 Å². The number of para-hydroxylation sites is 1. The molecule has 0 aliphatic heterocycles. The minimum absolute atomic E-state index is 0.0825. The van der Waals surface area contributed by atoms with Crippen molar-refractivity contribution in [3.63, 3.8) is 0 Å². The Balaban J connectivity index is 2.66. The summed E-state index contributed by atoms with van der Waals surface area (Å²) < 4.78 is 0. The Morgan fingerprint density at radius 1 is 1.29 bits per heavy atom. The molecule has 88 valence electrons. The van der Waals surface area contributed by atoms with E-state index in [0.29, 0.717) is 23.7 Å². The maximum absolute atomic E-state index is 11.8. The Morgan fingerprint density at radius 2 is 2.00 bits per heavy atom. The van der Waals surface area contributed by atoms with E-state index in [9.17, 15) is 14.7 Å². The van der Waals surface area contributed by atoms with E-state index in [-0.39, 0.29) is 17.0 Å². The number of hydrogen-bond acceptors (Lipinski definition) is 2. The number of fused-ring (bicyclic) bond motifs is 1. The van der Waals surface area contributed by atoms with Gasteiger partial charge in [0.1, 0.15) is 0 Å². The number of carbonyl (C=O) groups excluding carboxylic acids is 1. The Hall–Kier alpha value is -2.10. The summed E-state index contributed by atoms with van der Waals surface area (Å²) >= 11 is 0. The van der Waals surface area contributed by atoms with E-state index < -0.39 is 5.97 Å². The summed E-state index contributed by atoms with van der Waals surface area (Å²) in [7, 11) is 0. The molecule has 2 aromatic rings. The second kappa shape index (κ2) is 4.41. The number of carboxylic acid groups (broad SMARTS) is 1. The predicted octanol–water partition coefficient (Wildman–Crippen LogP) is 2.85. The summed E-state index contributed by atoms with van der Waals surface area (Å²) in [5.41, 5.74) is 0.976. The van der Waals surface area contributed by atoms with Crippen LogP contribution in [0.3, 0.4) is 0 Å². The zero-order valence-corrected chi connectivity index (χ0v) is 9.49. The maximum atomic E-state index is 11.8. The molecule has 2 rings (SSSR count). The quantitative estimate of drug-likeness (QED) is 0.795. The molecule has 0 atom stereocenters. The van der Waals surface area contributed by atoms with Crippen LogP contribution in [0.5, 0.6) is 0 Å². The van der Waals surface area contributed by atoms with Crippen LogP contribution < -0.4 is 0 Å². The van der Waals surface area contributed by atoms with E-state index in [2.05, 4.69) is 4.98 Å². The van der Waals surface area contributed by atoms with E-state index in [1.54, 1.807) is 24.3 Å². The van der Waals surface area contributed by atoms with Gasteiger partial charge in [0.05, 0.1) is 11.3 Å². The largest absolute Gasteiger partial charge is 0.478 e. The molecule has 1 aromatic carbocycles. The molecule has 0 aliphatic rings. The second-order valence-electron chi connectivity index (χ2n) is 3.90. The number of Topliss-reactive ketones (excluding diaryl/α,β-unsaturated/α-hetero) is 1. The highest BCUT2D eigenvalue weighted by Gasteiger charge is 2.21. The van der Waals surface area contributed by atoms with E-state index in [4.69, 9.17) is 0 Å². The first-order chi connectivity index (χ1) is 8.15. The monoisotopic (exact) mass is 231 g/mol. The van der Waals surface area contributed by atoms with Gasteiger partial charge in [0.2, 0.25) is 0 Å². The number of ketones is 1. The molecule has 2 N–H and O–H groups in total. The number of aromatic amines is 1. The lowest BCUT2D eigenvalue weighted by molar-refractivity contribution is 0.0694. The molecule has 0 amide bonds. The molecule has 0 saturated carbocycles. The van der Waals surface area contributed by atoms with Crippen molar-refractivity contribution in [2.75, 3.05) is 0 Å². The fraction of sp³-hybridized carbons (Fsp3) is 0.231. The highest BCUT2D eigenvalue weighted by atomic mass is 16.4. The molecule has 0 bridgehead atoms. The minimum Gasteiger partial charge on any atom is -0.478 e. The lowest BCUT2D eigenvalue weighted by Crippen LogP contribution is -2.07. The first-order valence-electron chi connectivity index (χ1n) is 5.52. The first kappa shape index (κ1) is 11.4. The Bertz CT molecular complexity index is 583. The third-order valence-corrected chi connectivity index (χ3v) is 2.68. The van der Waals surface area contributed by atoms with Crippen LogP contribution in [0.4, 0.5) is 0 Å². The van der Waals surface area contributed by atoms with Crippen LogP contribution in [0.25, 0.3) is 10.9 Å². The Morgan fingerprint density at radius 3 is 2.65 bits per heavy atom. The van der Waals surface area contributed by atoms with Crippen LogP contribution in [0.1, 0.15) is 40.6 Å². The molecule has 0 fully saturated rings. The molecule has 0 aliphatic carbocycles. The van der Waals surface area contributed by atoms with Crippen LogP contribution in [0.15, 0.2) is 24.3 Å². The zero-order valence-electron chi connectivity index (χ0n) is 9.49. The number of carboxylic acids is 1. The number of hydrogen-bond donors (Lipinski definition) is 2. The lowest BCUT2D eigenvalue weighted by Gasteiger charge is -1.98. The molecular weight excluding hydrogens is 218 g/mol. The number of benzene rings is 1. The van der Waals surface area contributed by atoms with Gasteiger partial charge in [-0.1, -0.05) is 25.1 Å². The summed E-state index contributed by atoms with van der Waals surface area (Å²) in [6, 6.07) is 7.04. The number of rotatable bonds is 4. The van der Waals surface area contributed by atoms with Crippen molar-refractivity contribution in [1.29, 1.82) is 0 Å². The third-order valence-electron chi connectivity index (χ3n) is 2.68. The fourth-order valence-corrected chi connectivity index (χ4v) is 1.93. The van der Waals surface area contributed by atoms with Gasteiger partial charge in [-0.15, -0.1) is 0 Å². The lowest BCUT2D eigenvalue weighted by atomic mass is 10.1. The van der Waals surface area contributed by atoms with Gasteiger partial charge in [0.15, 0.2) is 5.78 Å². The molecule has 4 nitrogen and oxygen atoms in total. The van der Waals surface area contributed by atoms with Crippen molar-refractivity contribution in [2.45, 2.75) is 19.8 Å². The summed E-state index contributed by atoms with van der Waals surface area (Å²) in [4.78, 5) is 26.0. The van der Waals surface area contributed by atoms with E-state index in [1.807, 2.05) is 6.92 Å². The number of aromatic carboxylic acids is 1. The second-order valence-corrected chi connectivity index (χ2v) is 3.90. The number of H-pyrrole nitrogens is 1. The first-order valence-corrected chi connectivity index (χ1v) is 5.52. The zero-order chi connectivity index (χ0) is 12.4. The van der Waals surface area contributed by atoms with Crippen molar-refractivity contribution < 1.29 is 14.7 Å². The van der Waals surface area contributed by atoms with Crippen molar-refractivity contribution in [1.82, 2.24) is 4.98 Å². The van der Waals surface area contributed by atoms with Crippen LogP contribution in [-0.4, -0.2) is 21.8 Å². The van der Waals surface area contributed by atoms with Crippen LogP contribution in [-0.2, 0) is 0 Å². The normalized spacial score (nSPS) is 10.6. The summed E-state index contributed by atoms with van der Waals surface area (Å²) in [5, 5.41) is 9.78. The highest BCUT2D eigenvalue weighted by Crippen LogP contribution is 2.23. The highest BCUT2D eigenvalue weighted by molar-refractivity contribution is 6.13. The fourth-order valence-electron chi connectivity index (χ4n) is 1.93. The number of aromatic nitrogens is 1. The van der Waals surface area contributed by atoms with E-state index >= 15 is 0 Å². The topological polar surface area (TPSA) is 70.2 Å². The summed E-state index contributed by atoms with van der Waals surface area (Å²) in [5.74, 6) is -1.22. The molecule has 17 heavy (non-hydrogen) atoms. The van der Waals surface area contributed by atoms with Crippen LogP contribution >= 0.6 is 0 Å². The molecule has 1 aromatic heterocycles. The third kappa shape index (κ3) is 1.93. The van der Waals surface area contributed by atoms with Gasteiger partial charge in [-0.05, 0) is 12.5 Å².